The molecule has 1 N–H and O–H groups in total. The summed E-state index contributed by atoms with van der Waals surface area (Å²) < 4.78 is 10.7. The minimum Gasteiger partial charge on any atom is -0.497 e. The van der Waals surface area contributed by atoms with Crippen LogP contribution in [0.25, 0.3) is 0 Å². The summed E-state index contributed by atoms with van der Waals surface area (Å²) >= 11 is 0. The minimum atomic E-state index is 0.804. The fourth-order valence-electron chi connectivity index (χ4n) is 3.18. The highest BCUT2D eigenvalue weighted by Crippen LogP contribution is 2.22. The number of piperazine rings is 1. The van der Waals surface area contributed by atoms with Crippen LogP contribution in [-0.2, 0) is 6.54 Å². The zero-order valence-corrected chi connectivity index (χ0v) is 15.9. The van der Waals surface area contributed by atoms with Gasteiger partial charge in [-0.15, -0.1) is 0 Å². The zero-order chi connectivity index (χ0) is 18.4. The number of hydrogen-bond acceptors (Lipinski definition) is 4. The van der Waals surface area contributed by atoms with Crippen molar-refractivity contribution in [1.82, 2.24) is 5.01 Å². The Hall–Kier alpha value is -2.53. The lowest BCUT2D eigenvalue weighted by atomic mass is 10.1. The van der Waals surface area contributed by atoms with Gasteiger partial charge in [0.15, 0.2) is 0 Å². The van der Waals surface area contributed by atoms with Gasteiger partial charge >= 0.3 is 0 Å². The average Bonchev–Trinajstić information content (AvgIpc) is 2.69. The van der Waals surface area contributed by atoms with Gasteiger partial charge in [-0.05, 0) is 25.1 Å². The van der Waals surface area contributed by atoms with Crippen molar-refractivity contribution < 1.29 is 14.4 Å². The molecule has 0 saturated carbocycles. The van der Waals surface area contributed by atoms with Crippen molar-refractivity contribution in [2.45, 2.75) is 13.5 Å². The Bertz CT molecular complexity index is 735. The highest BCUT2D eigenvalue weighted by atomic mass is 16.5. The number of quaternary nitrogens is 1. The maximum atomic E-state index is 5.41. The van der Waals surface area contributed by atoms with Crippen LogP contribution in [0.15, 0.2) is 47.6 Å². The van der Waals surface area contributed by atoms with E-state index >= 15 is 0 Å². The van der Waals surface area contributed by atoms with Gasteiger partial charge in [-0.3, -0.25) is 5.01 Å². The van der Waals surface area contributed by atoms with E-state index < -0.39 is 0 Å². The first-order valence-electron chi connectivity index (χ1n) is 9.08. The van der Waals surface area contributed by atoms with Crippen LogP contribution in [0.2, 0.25) is 0 Å². The summed E-state index contributed by atoms with van der Waals surface area (Å²) in [5, 5.41) is 6.79. The number of ether oxygens (including phenoxy) is 2. The van der Waals surface area contributed by atoms with E-state index in [0.29, 0.717) is 0 Å². The molecule has 0 radical (unpaired) electrons. The molecule has 26 heavy (non-hydrogen) atoms. The molecule has 0 atom stereocenters. The molecule has 1 heterocycles. The summed E-state index contributed by atoms with van der Waals surface area (Å²) in [5.74, 6) is 1.61. The molecule has 0 bridgehead atoms. The molecule has 5 heteroatoms. The number of hydrazone groups is 1. The Labute approximate surface area is 155 Å². The molecule has 1 fully saturated rings. The monoisotopic (exact) mass is 354 g/mol. The van der Waals surface area contributed by atoms with Gasteiger partial charge in [-0.2, -0.15) is 5.10 Å². The predicted molar refractivity (Wildman–Crippen MR) is 104 cm³/mol. The van der Waals surface area contributed by atoms with Gasteiger partial charge < -0.3 is 14.4 Å². The van der Waals surface area contributed by atoms with Crippen LogP contribution < -0.4 is 14.4 Å². The van der Waals surface area contributed by atoms with Gasteiger partial charge in [-0.25, -0.2) is 0 Å². The summed E-state index contributed by atoms with van der Waals surface area (Å²) in [6.07, 6.45) is 1.87. The van der Waals surface area contributed by atoms with Crippen molar-refractivity contribution in [1.29, 1.82) is 0 Å². The normalized spacial score (nSPS) is 15.4. The molecular formula is C21H28N3O2+. The third-order valence-electron chi connectivity index (χ3n) is 4.82. The lowest BCUT2D eigenvalue weighted by Crippen LogP contribution is -3.13. The molecule has 138 valence electrons. The smallest absolute Gasteiger partial charge is 0.127 e. The van der Waals surface area contributed by atoms with Crippen molar-refractivity contribution >= 4 is 6.21 Å². The molecular weight excluding hydrogens is 326 g/mol. The fraction of sp³-hybridized carbons (Fsp3) is 0.381. The average molecular weight is 354 g/mol. The molecule has 1 saturated heterocycles. The van der Waals surface area contributed by atoms with Crippen LogP contribution in [0.1, 0.15) is 16.7 Å². The number of nitrogens with zero attached hydrogens (tertiary/aromatic N) is 2. The number of nitrogens with one attached hydrogen (secondary N) is 1. The number of aryl methyl sites for hydroxylation is 1. The second-order valence-electron chi connectivity index (χ2n) is 6.72. The van der Waals surface area contributed by atoms with Crippen molar-refractivity contribution in [3.05, 3.63) is 59.2 Å². The van der Waals surface area contributed by atoms with Gasteiger partial charge in [-0.1, -0.05) is 29.8 Å². The van der Waals surface area contributed by atoms with Gasteiger partial charge in [0.05, 0.1) is 46.6 Å². The number of hydrogen-bond donors (Lipinski definition) is 1. The molecule has 2 aromatic carbocycles. The van der Waals surface area contributed by atoms with E-state index in [2.05, 4.69) is 41.3 Å². The topological polar surface area (TPSA) is 38.5 Å². The number of methoxy groups -OCH3 is 2. The summed E-state index contributed by atoms with van der Waals surface area (Å²) in [7, 11) is 3.34. The fourth-order valence-corrected chi connectivity index (χ4v) is 3.18. The van der Waals surface area contributed by atoms with Gasteiger partial charge in [0.2, 0.25) is 0 Å². The standard InChI is InChI=1S/C21H27N3O2/c1-17-4-6-18(7-5-17)16-23-10-12-24(13-11-23)22-15-19-14-20(25-2)8-9-21(19)26-3/h4-9,14-15H,10-13,16H2,1-3H3/p+1/b22-15-. The largest absolute Gasteiger partial charge is 0.497 e. The van der Waals surface area contributed by atoms with Gasteiger partial charge in [0.25, 0.3) is 0 Å². The van der Waals surface area contributed by atoms with E-state index in [1.807, 2.05) is 24.4 Å². The lowest BCUT2D eigenvalue weighted by Gasteiger charge is -2.30. The third kappa shape index (κ3) is 4.76. The van der Waals surface area contributed by atoms with Crippen molar-refractivity contribution in [2.75, 3.05) is 40.4 Å². The van der Waals surface area contributed by atoms with Crippen LogP contribution in [0.4, 0.5) is 0 Å². The Morgan fingerprint density at radius 2 is 1.77 bits per heavy atom. The van der Waals surface area contributed by atoms with Crippen LogP contribution >= 0.6 is 0 Å². The van der Waals surface area contributed by atoms with Crippen LogP contribution in [0.5, 0.6) is 11.5 Å². The van der Waals surface area contributed by atoms with Gasteiger partial charge in [0.1, 0.15) is 18.0 Å². The van der Waals surface area contributed by atoms with Crippen LogP contribution in [0, 0.1) is 6.92 Å². The molecule has 0 spiro atoms. The summed E-state index contributed by atoms with van der Waals surface area (Å²) in [6.45, 7) is 7.33. The van der Waals surface area contributed by atoms with Gasteiger partial charge in [0, 0.05) is 11.1 Å². The minimum absolute atomic E-state index is 0.804. The van der Waals surface area contributed by atoms with E-state index in [9.17, 15) is 0 Å². The molecule has 1 aliphatic heterocycles. The quantitative estimate of drug-likeness (QED) is 0.804. The molecule has 3 rings (SSSR count). The zero-order valence-electron chi connectivity index (χ0n) is 15.9. The highest BCUT2D eigenvalue weighted by molar-refractivity contribution is 5.84. The van der Waals surface area contributed by atoms with E-state index in [4.69, 9.17) is 9.47 Å². The molecule has 0 amide bonds. The molecule has 0 unspecified atom stereocenters. The molecule has 2 aromatic rings. The second-order valence-corrected chi connectivity index (χ2v) is 6.72. The van der Waals surface area contributed by atoms with Crippen LogP contribution in [-0.4, -0.2) is 51.6 Å². The maximum Gasteiger partial charge on any atom is 0.127 e. The van der Waals surface area contributed by atoms with E-state index in [1.54, 1.807) is 19.1 Å². The Morgan fingerprint density at radius 3 is 2.42 bits per heavy atom. The van der Waals surface area contributed by atoms with Crippen molar-refractivity contribution in [2.24, 2.45) is 5.10 Å². The highest BCUT2D eigenvalue weighted by Gasteiger charge is 2.18. The maximum absolute atomic E-state index is 5.41. The molecule has 0 aliphatic carbocycles. The Morgan fingerprint density at radius 1 is 1.04 bits per heavy atom. The molecule has 1 aliphatic rings. The third-order valence-corrected chi connectivity index (χ3v) is 4.82. The summed E-state index contributed by atoms with van der Waals surface area (Å²) in [4.78, 5) is 1.61. The number of benzene rings is 2. The first-order valence-corrected chi connectivity index (χ1v) is 9.08. The first kappa shape index (κ1) is 18.3. The molecule has 0 aromatic heterocycles. The van der Waals surface area contributed by atoms with E-state index in [-0.39, 0.29) is 0 Å². The summed E-state index contributed by atoms with van der Waals surface area (Å²) in [6, 6.07) is 14.6. The predicted octanol–water partition coefficient (Wildman–Crippen LogP) is 1.75. The molecule has 5 nitrogen and oxygen atoms in total. The van der Waals surface area contributed by atoms with Crippen molar-refractivity contribution in [3.8, 4) is 11.5 Å². The SMILES string of the molecule is COc1ccc(OC)c(/C=N\N2CC[NH+](Cc3ccc(C)cc3)CC2)c1. The van der Waals surface area contributed by atoms with Crippen molar-refractivity contribution in [3.63, 3.8) is 0 Å². The Kier molecular flexibility index (Phi) is 6.12. The summed E-state index contributed by atoms with van der Waals surface area (Å²) in [5.41, 5.74) is 3.65. The van der Waals surface area contributed by atoms with E-state index in [1.165, 1.54) is 11.1 Å². The Balaban J connectivity index is 1.55. The lowest BCUT2D eigenvalue weighted by molar-refractivity contribution is -0.918. The van der Waals surface area contributed by atoms with Crippen LogP contribution in [0.3, 0.4) is 0 Å². The number of rotatable bonds is 6. The first-order chi connectivity index (χ1) is 12.7. The van der Waals surface area contributed by atoms with E-state index in [0.717, 1.165) is 49.8 Å². The second kappa shape index (κ2) is 8.72.